The second-order valence-electron chi connectivity index (χ2n) is 4.37. The quantitative estimate of drug-likeness (QED) is 0.779. The van der Waals surface area contributed by atoms with Crippen LogP contribution >= 0.6 is 23.2 Å². The molecular formula is C16H12Cl2O3. The van der Waals surface area contributed by atoms with Crippen LogP contribution in [0, 0.1) is 0 Å². The lowest BCUT2D eigenvalue weighted by molar-refractivity contribution is -0.131. The molecule has 0 radical (unpaired) electrons. The van der Waals surface area contributed by atoms with E-state index in [0.29, 0.717) is 27.1 Å². The van der Waals surface area contributed by atoms with Gasteiger partial charge in [-0.15, -0.1) is 0 Å². The molecule has 0 atom stereocenters. The molecule has 0 heterocycles. The fraction of sp³-hybridized carbons (Fsp3) is 0.0625. The molecule has 2 aromatic rings. The second-order valence-corrected chi connectivity index (χ2v) is 5.21. The molecule has 0 amide bonds. The van der Waals surface area contributed by atoms with E-state index in [2.05, 4.69) is 0 Å². The molecule has 0 fully saturated rings. The number of carboxylic acid groups (broad SMARTS) is 1. The first-order chi connectivity index (χ1) is 9.95. The van der Waals surface area contributed by atoms with Gasteiger partial charge in [0.15, 0.2) is 0 Å². The minimum atomic E-state index is -0.972. The first-order valence-electron chi connectivity index (χ1n) is 6.10. The Hall–Kier alpha value is -1.97. The van der Waals surface area contributed by atoms with E-state index in [1.54, 1.807) is 49.4 Å². The summed E-state index contributed by atoms with van der Waals surface area (Å²) in [6.45, 7) is 1.74. The third kappa shape index (κ3) is 4.25. The van der Waals surface area contributed by atoms with Crippen LogP contribution in [0.2, 0.25) is 10.0 Å². The smallest absolute Gasteiger partial charge is 0.328 e. The van der Waals surface area contributed by atoms with Gasteiger partial charge >= 0.3 is 5.97 Å². The Morgan fingerprint density at radius 1 is 1.14 bits per heavy atom. The zero-order chi connectivity index (χ0) is 15.4. The molecule has 0 saturated heterocycles. The van der Waals surface area contributed by atoms with E-state index in [4.69, 9.17) is 33.0 Å². The Kier molecular flexibility index (Phi) is 4.89. The van der Waals surface area contributed by atoms with Crippen LogP contribution in [0.15, 0.2) is 48.5 Å². The van der Waals surface area contributed by atoms with Gasteiger partial charge in [0.05, 0.1) is 5.02 Å². The van der Waals surface area contributed by atoms with Crippen LogP contribution in [0.25, 0.3) is 5.57 Å². The Labute approximate surface area is 132 Å². The van der Waals surface area contributed by atoms with Gasteiger partial charge in [-0.05, 0) is 48.4 Å². The van der Waals surface area contributed by atoms with Crippen molar-refractivity contribution in [1.82, 2.24) is 0 Å². The van der Waals surface area contributed by atoms with E-state index in [0.717, 1.165) is 11.6 Å². The Morgan fingerprint density at radius 3 is 2.38 bits per heavy atom. The highest BCUT2D eigenvalue weighted by atomic mass is 35.5. The summed E-state index contributed by atoms with van der Waals surface area (Å²) in [7, 11) is 0. The summed E-state index contributed by atoms with van der Waals surface area (Å²) in [4.78, 5) is 10.6. The number of aliphatic carboxylic acids is 1. The number of carboxylic acids is 1. The molecule has 0 bridgehead atoms. The third-order valence-electron chi connectivity index (χ3n) is 2.77. The maximum atomic E-state index is 10.6. The highest BCUT2D eigenvalue weighted by molar-refractivity contribution is 6.35. The van der Waals surface area contributed by atoms with Gasteiger partial charge in [0.2, 0.25) is 0 Å². The Bertz CT molecular complexity index is 691. The summed E-state index contributed by atoms with van der Waals surface area (Å²) in [5, 5.41) is 9.68. The number of allylic oxidation sites excluding steroid dienone is 1. The molecule has 0 aromatic heterocycles. The van der Waals surface area contributed by atoms with Crippen LogP contribution in [0.1, 0.15) is 12.5 Å². The second kappa shape index (κ2) is 6.66. The first-order valence-corrected chi connectivity index (χ1v) is 6.86. The molecule has 0 aliphatic carbocycles. The molecule has 0 spiro atoms. The van der Waals surface area contributed by atoms with Gasteiger partial charge in [0.25, 0.3) is 0 Å². The SMILES string of the molecule is C/C(=C/C(=O)O)c1ccc(Oc2ccc(Cl)cc2Cl)cc1. The van der Waals surface area contributed by atoms with E-state index in [9.17, 15) is 4.79 Å². The van der Waals surface area contributed by atoms with Gasteiger partial charge < -0.3 is 9.84 Å². The molecule has 0 aliphatic rings. The molecule has 2 aromatic carbocycles. The van der Waals surface area contributed by atoms with Crippen molar-refractivity contribution < 1.29 is 14.6 Å². The molecule has 108 valence electrons. The maximum Gasteiger partial charge on any atom is 0.328 e. The minimum Gasteiger partial charge on any atom is -0.478 e. The van der Waals surface area contributed by atoms with Crippen molar-refractivity contribution in [2.75, 3.05) is 0 Å². The molecule has 3 nitrogen and oxygen atoms in total. The molecule has 0 unspecified atom stereocenters. The monoisotopic (exact) mass is 322 g/mol. The number of rotatable bonds is 4. The average molecular weight is 323 g/mol. The molecule has 0 saturated carbocycles. The number of hydrogen-bond acceptors (Lipinski definition) is 2. The van der Waals surface area contributed by atoms with Crippen molar-refractivity contribution in [2.45, 2.75) is 6.92 Å². The standard InChI is InChI=1S/C16H12Cl2O3/c1-10(8-16(19)20)11-2-5-13(6-3-11)21-15-7-4-12(17)9-14(15)18/h2-9H,1H3,(H,19,20)/b10-8-. The van der Waals surface area contributed by atoms with Gasteiger partial charge in [0.1, 0.15) is 11.5 Å². The Balaban J connectivity index is 2.18. The molecule has 5 heteroatoms. The van der Waals surface area contributed by atoms with E-state index >= 15 is 0 Å². The first kappa shape index (κ1) is 15.4. The predicted octanol–water partition coefficient (Wildman–Crippen LogP) is 5.27. The fourth-order valence-electron chi connectivity index (χ4n) is 1.74. The average Bonchev–Trinajstić information content (AvgIpc) is 2.42. The number of hydrogen-bond donors (Lipinski definition) is 1. The summed E-state index contributed by atoms with van der Waals surface area (Å²) in [6, 6.07) is 12.1. The van der Waals surface area contributed by atoms with Crippen LogP contribution in [0.4, 0.5) is 0 Å². The summed E-state index contributed by atoms with van der Waals surface area (Å²) in [5.74, 6) is 0.137. The van der Waals surface area contributed by atoms with Gasteiger partial charge in [-0.1, -0.05) is 35.3 Å². The van der Waals surface area contributed by atoms with E-state index in [1.165, 1.54) is 0 Å². The van der Waals surface area contributed by atoms with E-state index < -0.39 is 5.97 Å². The lowest BCUT2D eigenvalue weighted by atomic mass is 10.1. The van der Waals surface area contributed by atoms with Crippen molar-refractivity contribution >= 4 is 34.7 Å². The molecule has 2 rings (SSSR count). The van der Waals surface area contributed by atoms with Gasteiger partial charge in [-0.25, -0.2) is 4.79 Å². The largest absolute Gasteiger partial charge is 0.478 e. The van der Waals surface area contributed by atoms with Crippen LogP contribution in [-0.4, -0.2) is 11.1 Å². The number of benzene rings is 2. The number of carbonyl (C=O) groups is 1. The molecular weight excluding hydrogens is 311 g/mol. The fourth-order valence-corrected chi connectivity index (χ4v) is 2.19. The number of ether oxygens (including phenoxy) is 1. The summed E-state index contributed by atoms with van der Waals surface area (Å²) < 4.78 is 5.65. The lowest BCUT2D eigenvalue weighted by Crippen LogP contribution is -1.90. The van der Waals surface area contributed by atoms with E-state index in [-0.39, 0.29) is 0 Å². The van der Waals surface area contributed by atoms with Gasteiger partial charge in [0, 0.05) is 11.1 Å². The van der Waals surface area contributed by atoms with Crippen molar-refractivity contribution in [2.24, 2.45) is 0 Å². The zero-order valence-corrected chi connectivity index (χ0v) is 12.7. The van der Waals surface area contributed by atoms with Crippen molar-refractivity contribution in [3.05, 3.63) is 64.1 Å². The summed E-state index contributed by atoms with van der Waals surface area (Å²) >= 11 is 11.9. The summed E-state index contributed by atoms with van der Waals surface area (Å²) in [5.41, 5.74) is 1.48. The normalized spacial score (nSPS) is 11.3. The minimum absolute atomic E-state index is 0.425. The lowest BCUT2D eigenvalue weighted by Gasteiger charge is -2.08. The summed E-state index contributed by atoms with van der Waals surface area (Å²) in [6.07, 6.45) is 1.16. The topological polar surface area (TPSA) is 46.5 Å². The van der Waals surface area contributed by atoms with Crippen molar-refractivity contribution in [1.29, 1.82) is 0 Å². The van der Waals surface area contributed by atoms with Crippen LogP contribution in [0.3, 0.4) is 0 Å². The molecule has 1 N–H and O–H groups in total. The zero-order valence-electron chi connectivity index (χ0n) is 11.1. The van der Waals surface area contributed by atoms with Crippen molar-refractivity contribution in [3.8, 4) is 11.5 Å². The van der Waals surface area contributed by atoms with Gasteiger partial charge in [-0.3, -0.25) is 0 Å². The van der Waals surface area contributed by atoms with Crippen LogP contribution in [-0.2, 0) is 4.79 Å². The van der Waals surface area contributed by atoms with Crippen molar-refractivity contribution in [3.63, 3.8) is 0 Å². The molecule has 21 heavy (non-hydrogen) atoms. The van der Waals surface area contributed by atoms with Crippen LogP contribution in [0.5, 0.6) is 11.5 Å². The highest BCUT2D eigenvalue weighted by Crippen LogP contribution is 2.31. The van der Waals surface area contributed by atoms with Crippen LogP contribution < -0.4 is 4.74 Å². The van der Waals surface area contributed by atoms with Gasteiger partial charge in [-0.2, -0.15) is 0 Å². The highest BCUT2D eigenvalue weighted by Gasteiger charge is 2.05. The Morgan fingerprint density at radius 2 is 1.81 bits per heavy atom. The maximum absolute atomic E-state index is 10.6. The number of halogens is 2. The van der Waals surface area contributed by atoms with E-state index in [1.807, 2.05) is 0 Å². The molecule has 0 aliphatic heterocycles. The predicted molar refractivity (Wildman–Crippen MR) is 84.3 cm³/mol. The third-order valence-corrected chi connectivity index (χ3v) is 3.30.